The Hall–Kier alpha value is -3.72. The van der Waals surface area contributed by atoms with Gasteiger partial charge in [-0.25, -0.2) is 9.18 Å². The Bertz CT molecular complexity index is 1150. The first-order valence-corrected chi connectivity index (χ1v) is 10.3. The van der Waals surface area contributed by atoms with E-state index in [4.69, 9.17) is 16.3 Å². The van der Waals surface area contributed by atoms with Gasteiger partial charge in [0, 0.05) is 30.9 Å². The molecule has 1 aliphatic heterocycles. The largest absolute Gasteiger partial charge is 0.426 e. The summed E-state index contributed by atoms with van der Waals surface area (Å²) in [5, 5.41) is 4.96. The van der Waals surface area contributed by atoms with E-state index in [2.05, 4.69) is 10.6 Å². The molecule has 8 nitrogen and oxygen atoms in total. The highest BCUT2D eigenvalue weighted by Crippen LogP contribution is 2.30. The van der Waals surface area contributed by atoms with E-state index in [0.29, 0.717) is 16.7 Å². The van der Waals surface area contributed by atoms with Crippen LogP contribution in [0.2, 0.25) is 5.02 Å². The predicted molar refractivity (Wildman–Crippen MR) is 119 cm³/mol. The molecule has 1 atom stereocenters. The van der Waals surface area contributed by atoms with Crippen LogP contribution >= 0.6 is 11.6 Å². The Kier molecular flexibility index (Phi) is 7.44. The molecule has 0 saturated heterocycles. The molecule has 0 fully saturated rings. The van der Waals surface area contributed by atoms with Crippen LogP contribution < -0.4 is 15.4 Å². The highest BCUT2D eigenvalue weighted by Gasteiger charge is 2.34. The molecular formula is C23H21ClFN3O5. The van der Waals surface area contributed by atoms with Crippen molar-refractivity contribution in [3.8, 4) is 16.9 Å². The van der Waals surface area contributed by atoms with Crippen LogP contribution in [0.3, 0.4) is 0 Å². The lowest BCUT2D eigenvalue weighted by Gasteiger charge is -2.26. The van der Waals surface area contributed by atoms with Gasteiger partial charge in [0.05, 0.1) is 11.4 Å². The van der Waals surface area contributed by atoms with Crippen LogP contribution in [0, 0.1) is 5.82 Å². The van der Waals surface area contributed by atoms with Crippen molar-refractivity contribution in [2.45, 2.75) is 19.4 Å². The van der Waals surface area contributed by atoms with E-state index >= 15 is 0 Å². The number of rotatable bonds is 6. The van der Waals surface area contributed by atoms with Gasteiger partial charge in [-0.05, 0) is 42.8 Å². The molecular weight excluding hydrogens is 453 g/mol. The second-order valence-electron chi connectivity index (χ2n) is 7.33. The van der Waals surface area contributed by atoms with Crippen LogP contribution in [0.1, 0.15) is 13.3 Å². The number of ether oxygens (including phenoxy) is 1. The summed E-state index contributed by atoms with van der Waals surface area (Å²) >= 11 is 6.08. The number of nitrogens with one attached hydrogen (secondary N) is 2. The number of carbonyl (C=O) groups excluding carboxylic acids is 4. The van der Waals surface area contributed by atoms with E-state index in [1.54, 1.807) is 31.2 Å². The zero-order valence-corrected chi connectivity index (χ0v) is 18.6. The van der Waals surface area contributed by atoms with Gasteiger partial charge < -0.3 is 20.3 Å². The number of hydrogen-bond acceptors (Lipinski definition) is 5. The first-order valence-electron chi connectivity index (χ1n) is 9.95. The van der Waals surface area contributed by atoms with Gasteiger partial charge in [-0.3, -0.25) is 14.4 Å². The fraction of sp³-hybridized carbons (Fsp3) is 0.217. The van der Waals surface area contributed by atoms with Crippen molar-refractivity contribution in [2.24, 2.45) is 0 Å². The molecule has 0 aromatic heterocycles. The molecule has 33 heavy (non-hydrogen) atoms. The number of halogens is 2. The number of amides is 3. The third kappa shape index (κ3) is 5.95. The van der Waals surface area contributed by atoms with Crippen molar-refractivity contribution >= 4 is 35.3 Å². The molecule has 0 spiro atoms. The molecule has 2 aromatic carbocycles. The molecule has 2 aromatic rings. The quantitative estimate of drug-likeness (QED) is 0.381. The number of likely N-dealkylation sites (N-methyl/N-ethyl adjacent to an activating group) is 1. The van der Waals surface area contributed by atoms with Gasteiger partial charge >= 0.3 is 12.0 Å². The Balaban J connectivity index is 1.51. The van der Waals surface area contributed by atoms with Crippen LogP contribution in [-0.2, 0) is 14.4 Å². The summed E-state index contributed by atoms with van der Waals surface area (Å²) in [4.78, 5) is 49.6. The zero-order valence-electron chi connectivity index (χ0n) is 17.9. The van der Waals surface area contributed by atoms with Crippen molar-refractivity contribution in [3.63, 3.8) is 0 Å². The number of esters is 1. The van der Waals surface area contributed by atoms with Crippen LogP contribution in [0.5, 0.6) is 5.75 Å². The summed E-state index contributed by atoms with van der Waals surface area (Å²) in [6.45, 7) is 1.47. The van der Waals surface area contributed by atoms with Gasteiger partial charge in [-0.1, -0.05) is 23.7 Å². The molecule has 2 N–H and O–H groups in total. The Morgan fingerprint density at radius 3 is 2.67 bits per heavy atom. The second-order valence-corrected chi connectivity index (χ2v) is 7.74. The summed E-state index contributed by atoms with van der Waals surface area (Å²) in [5.41, 5.74) is 1.56. The van der Waals surface area contributed by atoms with E-state index in [1.807, 2.05) is 0 Å². The van der Waals surface area contributed by atoms with Crippen molar-refractivity contribution in [2.75, 3.05) is 13.6 Å². The second kappa shape index (κ2) is 10.3. The molecule has 0 aliphatic carbocycles. The molecule has 0 bridgehead atoms. The summed E-state index contributed by atoms with van der Waals surface area (Å²) in [6.07, 6.45) is 1.25. The van der Waals surface area contributed by atoms with Crippen LogP contribution in [-0.4, -0.2) is 48.2 Å². The maximum Gasteiger partial charge on any atom is 0.315 e. The first-order chi connectivity index (χ1) is 15.7. The maximum absolute atomic E-state index is 13.3. The molecule has 172 valence electrons. The number of nitrogens with zero attached hydrogens (tertiary/aromatic N) is 1. The van der Waals surface area contributed by atoms with E-state index in [9.17, 15) is 23.6 Å². The summed E-state index contributed by atoms with van der Waals surface area (Å²) in [7, 11) is 1.49. The monoisotopic (exact) mass is 473 g/mol. The summed E-state index contributed by atoms with van der Waals surface area (Å²) < 4.78 is 18.6. The highest BCUT2D eigenvalue weighted by atomic mass is 35.5. The van der Waals surface area contributed by atoms with Gasteiger partial charge in [-0.2, -0.15) is 0 Å². The van der Waals surface area contributed by atoms with E-state index < -0.39 is 35.5 Å². The van der Waals surface area contributed by atoms with E-state index in [0.717, 1.165) is 0 Å². The summed E-state index contributed by atoms with van der Waals surface area (Å²) in [6, 6.07) is 8.49. The highest BCUT2D eigenvalue weighted by molar-refractivity contribution is 6.33. The Morgan fingerprint density at radius 2 is 1.94 bits per heavy atom. The normalized spacial score (nSPS) is 15.7. The Labute approximate surface area is 194 Å². The average molecular weight is 474 g/mol. The Morgan fingerprint density at radius 1 is 1.18 bits per heavy atom. The third-order valence-corrected chi connectivity index (χ3v) is 5.14. The lowest BCUT2D eigenvalue weighted by Crippen LogP contribution is -2.55. The average Bonchev–Trinajstić information content (AvgIpc) is 2.75. The van der Waals surface area contributed by atoms with Gasteiger partial charge in [-0.15, -0.1) is 0 Å². The first kappa shape index (κ1) is 23.9. The maximum atomic E-state index is 13.3. The van der Waals surface area contributed by atoms with Gasteiger partial charge in [0.2, 0.25) is 0 Å². The summed E-state index contributed by atoms with van der Waals surface area (Å²) in [5.74, 6) is -1.86. The smallest absolute Gasteiger partial charge is 0.315 e. The van der Waals surface area contributed by atoms with Crippen LogP contribution in [0.25, 0.3) is 11.1 Å². The number of Topliss-reactive ketones (excluding diaryl/α,β-unsaturated/α-hetero) is 1. The number of urea groups is 1. The van der Waals surface area contributed by atoms with Gasteiger partial charge in [0.15, 0.2) is 11.8 Å². The van der Waals surface area contributed by atoms with Crippen molar-refractivity contribution in [1.82, 2.24) is 15.5 Å². The predicted octanol–water partition coefficient (Wildman–Crippen LogP) is 3.05. The molecule has 1 heterocycles. The number of hydrogen-bond donors (Lipinski definition) is 2. The van der Waals surface area contributed by atoms with Crippen molar-refractivity contribution in [3.05, 3.63) is 65.1 Å². The molecule has 3 amide bonds. The topological polar surface area (TPSA) is 105 Å². The SMILES string of the molecule is CC1=CN(C)C(=O)C(NC(=O)NCCC(=O)Oc2cccc(-c3ccc(F)cc3Cl)c2)C1=O. The number of benzene rings is 2. The minimum absolute atomic E-state index is 0.0755. The fourth-order valence-electron chi connectivity index (χ4n) is 3.18. The van der Waals surface area contributed by atoms with E-state index in [1.165, 1.54) is 36.3 Å². The molecule has 1 aliphatic rings. The molecule has 0 radical (unpaired) electrons. The lowest BCUT2D eigenvalue weighted by atomic mass is 10.0. The zero-order chi connectivity index (χ0) is 24.1. The lowest BCUT2D eigenvalue weighted by molar-refractivity contribution is -0.136. The molecule has 0 saturated carbocycles. The van der Waals surface area contributed by atoms with Gasteiger partial charge in [0.1, 0.15) is 11.6 Å². The number of ketones is 1. The molecule has 1 unspecified atom stereocenters. The van der Waals surface area contributed by atoms with E-state index in [-0.39, 0.29) is 23.7 Å². The molecule has 3 rings (SSSR count). The standard InChI is InChI=1S/C23H21ClFN3O5/c1-13-12-28(2)22(31)20(21(13)30)27-23(32)26-9-8-19(29)33-16-5-3-4-14(10-16)17-7-6-15(25)11-18(17)24/h3-7,10-12,20H,8-9H2,1-2H3,(H2,26,27,32). The van der Waals surface area contributed by atoms with Crippen molar-refractivity contribution in [1.29, 1.82) is 0 Å². The molecule has 10 heteroatoms. The minimum Gasteiger partial charge on any atom is -0.426 e. The van der Waals surface area contributed by atoms with Crippen LogP contribution in [0.4, 0.5) is 9.18 Å². The van der Waals surface area contributed by atoms with Crippen molar-refractivity contribution < 1.29 is 28.3 Å². The van der Waals surface area contributed by atoms with Crippen LogP contribution in [0.15, 0.2) is 54.2 Å². The minimum atomic E-state index is -1.31. The number of carbonyl (C=O) groups is 4. The van der Waals surface area contributed by atoms with Gasteiger partial charge in [0.25, 0.3) is 5.91 Å². The third-order valence-electron chi connectivity index (χ3n) is 4.83. The fourth-order valence-corrected chi connectivity index (χ4v) is 3.46.